The molecule has 0 saturated carbocycles. The van der Waals surface area contributed by atoms with Crippen molar-refractivity contribution >= 4 is 11.6 Å². The van der Waals surface area contributed by atoms with E-state index in [0.717, 1.165) is 0 Å². The Balaban J connectivity index is 2.53. The van der Waals surface area contributed by atoms with Crippen LogP contribution in [0.2, 0.25) is 0 Å². The van der Waals surface area contributed by atoms with Crippen molar-refractivity contribution in [2.45, 2.75) is 6.92 Å². The summed E-state index contributed by atoms with van der Waals surface area (Å²) in [7, 11) is 0. The van der Waals surface area contributed by atoms with Crippen LogP contribution in [0.25, 0.3) is 0 Å². The first-order valence-electron chi connectivity index (χ1n) is 7.58. The van der Waals surface area contributed by atoms with Gasteiger partial charge in [-0.15, -0.1) is 0 Å². The van der Waals surface area contributed by atoms with Crippen molar-refractivity contribution in [1.82, 2.24) is 0 Å². The number of carbonyl (C=O) groups is 2. The summed E-state index contributed by atoms with van der Waals surface area (Å²) in [6, 6.07) is -2.67. The molecule has 1 aliphatic rings. The molecule has 0 atom stereocenters. The Hall–Kier alpha value is -2.82. The van der Waals surface area contributed by atoms with Crippen molar-refractivity contribution in [3.63, 3.8) is 0 Å². The molecule has 5 heteroatoms. The Morgan fingerprint density at radius 3 is 2.05 bits per heavy atom. The number of hydrogen-bond donors (Lipinski definition) is 3. The number of fused-ring (bicyclic) bond motifs is 2. The fraction of sp³-hybridized carbons (Fsp3) is 0.0667. The lowest BCUT2D eigenvalue weighted by molar-refractivity contribution is 0.0974. The van der Waals surface area contributed by atoms with Crippen LogP contribution in [0.15, 0.2) is 24.2 Å². The third-order valence-corrected chi connectivity index (χ3v) is 2.98. The largest absolute Gasteiger partial charge is 0.508 e. The van der Waals surface area contributed by atoms with E-state index in [0.29, 0.717) is 0 Å². The number of phenolic OH excluding ortho intramolecular Hbond substituents is 3. The summed E-state index contributed by atoms with van der Waals surface area (Å²) in [5, 5.41) is 29.7. The van der Waals surface area contributed by atoms with Gasteiger partial charge in [0.1, 0.15) is 17.2 Å². The minimum atomic E-state index is -1.08. The Kier molecular flexibility index (Phi) is 1.61. The van der Waals surface area contributed by atoms with Crippen LogP contribution in [0.1, 0.15) is 42.9 Å². The second-order valence-corrected chi connectivity index (χ2v) is 4.33. The van der Waals surface area contributed by atoms with Crippen LogP contribution in [0, 0.1) is 6.92 Å². The number of aromatic hydroxyl groups is 3. The first kappa shape index (κ1) is 8.37. The van der Waals surface area contributed by atoms with E-state index in [1.807, 2.05) is 0 Å². The second-order valence-electron chi connectivity index (χ2n) is 4.33. The molecular formula is C15H10O5. The first-order valence-corrected chi connectivity index (χ1v) is 5.58. The van der Waals surface area contributed by atoms with Crippen molar-refractivity contribution in [3.8, 4) is 17.2 Å². The third-order valence-electron chi connectivity index (χ3n) is 2.98. The summed E-state index contributed by atoms with van der Waals surface area (Å²) in [4.78, 5) is 25.3. The van der Waals surface area contributed by atoms with Crippen molar-refractivity contribution in [3.05, 3.63) is 52.0 Å². The van der Waals surface area contributed by atoms with E-state index in [2.05, 4.69) is 0 Å². The maximum atomic E-state index is 12.7. The Morgan fingerprint density at radius 1 is 0.850 bits per heavy atom. The SMILES string of the molecule is [2H]c1c(C)c([2H])c2c(c1O)C(=O)c1c(O)c([2H])c(O)c([2H])c1C2=O. The first-order chi connectivity index (χ1) is 11.1. The fourth-order valence-corrected chi connectivity index (χ4v) is 2.18. The predicted octanol–water partition coefficient (Wildman–Crippen LogP) is 1.89. The highest BCUT2D eigenvalue weighted by Gasteiger charge is 2.34. The lowest BCUT2D eigenvalue weighted by atomic mass is 9.82. The quantitative estimate of drug-likeness (QED) is 0.582. The molecule has 1 aliphatic carbocycles. The van der Waals surface area contributed by atoms with Crippen molar-refractivity contribution in [1.29, 1.82) is 0 Å². The molecule has 3 rings (SSSR count). The monoisotopic (exact) mass is 274 g/mol. The van der Waals surface area contributed by atoms with E-state index in [1.54, 1.807) is 0 Å². The molecule has 2 aromatic carbocycles. The van der Waals surface area contributed by atoms with E-state index in [4.69, 9.17) is 5.48 Å². The fourth-order valence-electron chi connectivity index (χ4n) is 2.18. The van der Waals surface area contributed by atoms with Gasteiger partial charge in [0.15, 0.2) is 5.78 Å². The summed E-state index contributed by atoms with van der Waals surface area (Å²) in [5.41, 5.74) is -2.48. The van der Waals surface area contributed by atoms with Crippen LogP contribution >= 0.6 is 0 Å². The number of hydrogen-bond acceptors (Lipinski definition) is 5. The van der Waals surface area contributed by atoms with Gasteiger partial charge in [-0.25, -0.2) is 0 Å². The van der Waals surface area contributed by atoms with Gasteiger partial charge in [-0.2, -0.15) is 0 Å². The molecule has 20 heavy (non-hydrogen) atoms. The molecule has 100 valence electrons. The Labute approximate surface area is 119 Å². The molecule has 0 amide bonds. The van der Waals surface area contributed by atoms with Crippen LogP contribution < -0.4 is 0 Å². The summed E-state index contributed by atoms with van der Waals surface area (Å²) in [6.45, 7) is 1.32. The Bertz CT molecular complexity index is 828. The van der Waals surface area contributed by atoms with Crippen LogP contribution in [0.5, 0.6) is 17.2 Å². The number of benzene rings is 2. The molecule has 0 saturated heterocycles. The zero-order valence-corrected chi connectivity index (χ0v) is 10.2. The van der Waals surface area contributed by atoms with Gasteiger partial charge < -0.3 is 15.3 Å². The van der Waals surface area contributed by atoms with E-state index in [9.17, 15) is 24.9 Å². The Morgan fingerprint density at radius 2 is 1.40 bits per heavy atom. The summed E-state index contributed by atoms with van der Waals surface area (Å²) < 4.78 is 31.0. The molecule has 0 radical (unpaired) electrons. The lowest BCUT2D eigenvalue weighted by Crippen LogP contribution is -2.21. The highest BCUT2D eigenvalue weighted by Crippen LogP contribution is 2.38. The molecule has 0 unspecified atom stereocenters. The maximum Gasteiger partial charge on any atom is 0.201 e. The van der Waals surface area contributed by atoms with Gasteiger partial charge in [0, 0.05) is 17.2 Å². The highest BCUT2D eigenvalue weighted by atomic mass is 16.3. The van der Waals surface area contributed by atoms with Gasteiger partial charge in [-0.3, -0.25) is 9.59 Å². The molecule has 0 spiro atoms. The van der Waals surface area contributed by atoms with Gasteiger partial charge in [-0.05, 0) is 30.6 Å². The summed E-state index contributed by atoms with van der Waals surface area (Å²) >= 11 is 0. The molecule has 0 bridgehead atoms. The molecule has 3 N–H and O–H groups in total. The summed E-state index contributed by atoms with van der Waals surface area (Å²) in [5.74, 6) is -4.88. The maximum absolute atomic E-state index is 12.7. The van der Waals surface area contributed by atoms with E-state index in [1.165, 1.54) is 6.92 Å². The van der Waals surface area contributed by atoms with Crippen molar-refractivity contribution in [2.75, 3.05) is 0 Å². The molecule has 5 nitrogen and oxygen atoms in total. The lowest BCUT2D eigenvalue weighted by Gasteiger charge is -2.19. The van der Waals surface area contributed by atoms with Gasteiger partial charge in [-0.1, -0.05) is 0 Å². The zero-order valence-electron chi connectivity index (χ0n) is 14.2. The standard InChI is InChI=1S/C15H10O5/c1-6-2-8-12(10(17)3-6)15(20)13-9(14(8)19)4-7(16)5-11(13)18/h2-5,16-18H,1H3/i2D,3D,4D,5D. The van der Waals surface area contributed by atoms with Crippen LogP contribution in [-0.2, 0) is 0 Å². The molecule has 0 heterocycles. The molecule has 0 aliphatic heterocycles. The van der Waals surface area contributed by atoms with Crippen molar-refractivity contribution < 1.29 is 30.4 Å². The number of phenols is 3. The van der Waals surface area contributed by atoms with E-state index < -0.39 is 75.2 Å². The minimum absolute atomic E-state index is 0.0343. The molecule has 0 aromatic heterocycles. The minimum Gasteiger partial charge on any atom is -0.508 e. The third kappa shape index (κ3) is 1.50. The number of rotatable bonds is 0. The van der Waals surface area contributed by atoms with Gasteiger partial charge in [0.2, 0.25) is 5.78 Å². The van der Waals surface area contributed by atoms with Gasteiger partial charge >= 0.3 is 0 Å². The highest BCUT2D eigenvalue weighted by molar-refractivity contribution is 6.30. The van der Waals surface area contributed by atoms with Crippen LogP contribution in [0.4, 0.5) is 0 Å². The van der Waals surface area contributed by atoms with Gasteiger partial charge in [0.25, 0.3) is 0 Å². The summed E-state index contributed by atoms with van der Waals surface area (Å²) in [6.07, 6.45) is 0. The molecular weight excluding hydrogens is 260 g/mol. The van der Waals surface area contributed by atoms with Crippen LogP contribution in [-0.4, -0.2) is 26.9 Å². The van der Waals surface area contributed by atoms with Gasteiger partial charge in [0.05, 0.1) is 16.6 Å². The second kappa shape index (κ2) is 3.84. The van der Waals surface area contributed by atoms with E-state index >= 15 is 0 Å². The smallest absolute Gasteiger partial charge is 0.201 e. The van der Waals surface area contributed by atoms with Crippen molar-refractivity contribution in [2.24, 2.45) is 0 Å². The normalized spacial score (nSPS) is 15.8. The van der Waals surface area contributed by atoms with E-state index in [-0.39, 0.29) is 5.56 Å². The predicted molar refractivity (Wildman–Crippen MR) is 69.5 cm³/mol. The number of carbonyl (C=O) groups excluding carboxylic acids is 2. The van der Waals surface area contributed by atoms with Crippen LogP contribution in [0.3, 0.4) is 0 Å². The average molecular weight is 274 g/mol. The topological polar surface area (TPSA) is 94.8 Å². The number of ketones is 2. The molecule has 2 aromatic rings. The average Bonchev–Trinajstić information content (AvgIpc) is 2.55. The zero-order chi connectivity index (χ0) is 18.1. The molecule has 0 fully saturated rings.